The van der Waals surface area contributed by atoms with Crippen molar-refractivity contribution in [2.75, 3.05) is 0 Å². The maximum Gasteiger partial charge on any atom is 0.329 e. The molecule has 2 aromatic carbocycles. The maximum absolute atomic E-state index is 11.3. The number of nitrogens with one attached hydrogen (secondary N) is 1. The summed E-state index contributed by atoms with van der Waals surface area (Å²) in [5.74, 6) is -1.34. The molecular formula is C17H15N3O3. The highest BCUT2D eigenvalue weighted by atomic mass is 16.5. The first-order chi connectivity index (χ1) is 11.1. The Morgan fingerprint density at radius 3 is 2.52 bits per heavy atom. The highest BCUT2D eigenvalue weighted by Crippen LogP contribution is 2.34. The molecule has 0 saturated carbocycles. The largest absolute Gasteiger partial charge is 0.485 e. The van der Waals surface area contributed by atoms with Crippen molar-refractivity contribution in [2.45, 2.75) is 12.5 Å². The molecule has 0 aliphatic carbocycles. The van der Waals surface area contributed by atoms with Crippen LogP contribution >= 0.6 is 0 Å². The zero-order valence-electron chi connectivity index (χ0n) is 12.2. The lowest BCUT2D eigenvalue weighted by molar-refractivity contribution is -0.137. The van der Waals surface area contributed by atoms with Gasteiger partial charge in [-0.2, -0.15) is 5.10 Å². The molecule has 1 heterocycles. The number of hydrogen-bond acceptors (Lipinski definition) is 4. The lowest BCUT2D eigenvalue weighted by atomic mass is 9.96. The summed E-state index contributed by atoms with van der Waals surface area (Å²) in [6, 6.07) is 17.2. The van der Waals surface area contributed by atoms with Crippen LogP contribution in [-0.2, 0) is 9.59 Å². The third-order valence-corrected chi connectivity index (χ3v) is 3.53. The van der Waals surface area contributed by atoms with Crippen LogP contribution in [-0.4, -0.2) is 17.5 Å². The van der Waals surface area contributed by atoms with Crippen molar-refractivity contribution in [3.63, 3.8) is 0 Å². The average molecular weight is 309 g/mol. The minimum atomic E-state index is -1.07. The van der Waals surface area contributed by atoms with Crippen LogP contribution in [0.2, 0.25) is 0 Å². The Morgan fingerprint density at radius 2 is 1.78 bits per heavy atom. The van der Waals surface area contributed by atoms with E-state index in [2.05, 4.69) is 10.5 Å². The molecule has 1 unspecified atom stereocenters. The minimum Gasteiger partial charge on any atom is -0.485 e. The number of primary amides is 1. The molecule has 2 aromatic rings. The van der Waals surface area contributed by atoms with E-state index in [1.54, 1.807) is 0 Å². The van der Waals surface area contributed by atoms with E-state index in [9.17, 15) is 9.59 Å². The molecule has 3 N–H and O–H groups in total. The van der Waals surface area contributed by atoms with Crippen molar-refractivity contribution < 1.29 is 14.3 Å². The van der Waals surface area contributed by atoms with E-state index in [1.165, 1.54) is 0 Å². The van der Waals surface area contributed by atoms with Crippen LogP contribution in [0.25, 0.3) is 0 Å². The molecule has 0 fully saturated rings. The number of nitrogens with zero attached hydrogens (tertiary/aromatic N) is 1. The smallest absolute Gasteiger partial charge is 0.329 e. The first kappa shape index (κ1) is 14.8. The number of carbonyl (C=O) groups is 2. The van der Waals surface area contributed by atoms with Gasteiger partial charge in [0.2, 0.25) is 0 Å². The number of ether oxygens (including phenoxy) is 1. The van der Waals surface area contributed by atoms with Gasteiger partial charge in [-0.15, -0.1) is 0 Å². The monoisotopic (exact) mass is 309 g/mol. The van der Waals surface area contributed by atoms with Gasteiger partial charge in [-0.05, 0) is 17.7 Å². The summed E-state index contributed by atoms with van der Waals surface area (Å²) in [5.41, 5.74) is 9.53. The van der Waals surface area contributed by atoms with E-state index in [-0.39, 0.29) is 6.10 Å². The van der Waals surface area contributed by atoms with Gasteiger partial charge in [0.1, 0.15) is 11.9 Å². The van der Waals surface area contributed by atoms with Gasteiger partial charge < -0.3 is 10.5 Å². The molecule has 6 nitrogen and oxygen atoms in total. The molecule has 1 aliphatic heterocycles. The number of carbonyl (C=O) groups excluding carboxylic acids is 2. The number of rotatable bonds is 2. The predicted molar refractivity (Wildman–Crippen MR) is 84.7 cm³/mol. The van der Waals surface area contributed by atoms with Crippen LogP contribution in [0.15, 0.2) is 59.7 Å². The summed E-state index contributed by atoms with van der Waals surface area (Å²) in [5, 5.41) is 4.06. The van der Waals surface area contributed by atoms with Crippen molar-refractivity contribution in [1.29, 1.82) is 0 Å². The Kier molecular flexibility index (Phi) is 4.05. The van der Waals surface area contributed by atoms with Gasteiger partial charge in [0, 0.05) is 12.0 Å². The van der Waals surface area contributed by atoms with E-state index >= 15 is 0 Å². The fraction of sp³-hybridized carbons (Fsp3) is 0.118. The molecule has 6 heteroatoms. The zero-order chi connectivity index (χ0) is 16.2. The Bertz CT molecular complexity index is 772. The molecule has 1 aliphatic rings. The maximum atomic E-state index is 11.3. The number of para-hydroxylation sites is 1. The Balaban J connectivity index is 1.93. The molecule has 2 amide bonds. The van der Waals surface area contributed by atoms with Crippen molar-refractivity contribution in [2.24, 2.45) is 10.8 Å². The zero-order valence-corrected chi connectivity index (χ0v) is 12.2. The molecule has 23 heavy (non-hydrogen) atoms. The summed E-state index contributed by atoms with van der Waals surface area (Å²) in [7, 11) is 0. The van der Waals surface area contributed by atoms with Gasteiger partial charge in [-0.3, -0.25) is 9.59 Å². The van der Waals surface area contributed by atoms with Crippen LogP contribution in [0.1, 0.15) is 23.7 Å². The van der Waals surface area contributed by atoms with Gasteiger partial charge in [-0.25, -0.2) is 5.43 Å². The fourth-order valence-electron chi connectivity index (χ4n) is 2.42. The Morgan fingerprint density at radius 1 is 1.09 bits per heavy atom. The number of benzene rings is 2. The van der Waals surface area contributed by atoms with Gasteiger partial charge in [0.15, 0.2) is 0 Å². The minimum absolute atomic E-state index is 0.213. The van der Waals surface area contributed by atoms with Crippen molar-refractivity contribution in [3.05, 3.63) is 65.7 Å². The highest BCUT2D eigenvalue weighted by Gasteiger charge is 2.26. The van der Waals surface area contributed by atoms with E-state index in [0.29, 0.717) is 17.9 Å². The molecule has 0 spiro atoms. The van der Waals surface area contributed by atoms with Crippen molar-refractivity contribution in [3.8, 4) is 5.75 Å². The third-order valence-electron chi connectivity index (χ3n) is 3.53. The number of nitrogens with two attached hydrogens (primary N) is 1. The molecule has 0 radical (unpaired) electrons. The second-order valence-electron chi connectivity index (χ2n) is 5.08. The molecule has 3 rings (SSSR count). The molecule has 1 atom stereocenters. The van der Waals surface area contributed by atoms with Gasteiger partial charge >= 0.3 is 11.8 Å². The summed E-state index contributed by atoms with van der Waals surface area (Å²) in [6.07, 6.45) is 0.260. The van der Waals surface area contributed by atoms with E-state index in [0.717, 1.165) is 11.1 Å². The lowest BCUT2D eigenvalue weighted by Crippen LogP contribution is -2.34. The summed E-state index contributed by atoms with van der Waals surface area (Å²) in [4.78, 5) is 22.1. The lowest BCUT2D eigenvalue weighted by Gasteiger charge is -2.27. The topological polar surface area (TPSA) is 93.8 Å². The number of fused-ring (bicyclic) bond motifs is 1. The SMILES string of the molecule is NC(=O)C(=O)N/N=C1\CC(c2ccccc2)Oc2ccccc21. The van der Waals surface area contributed by atoms with E-state index in [1.807, 2.05) is 54.6 Å². The molecule has 0 saturated heterocycles. The summed E-state index contributed by atoms with van der Waals surface area (Å²) < 4.78 is 6.02. The molecule has 116 valence electrons. The summed E-state index contributed by atoms with van der Waals surface area (Å²) in [6.45, 7) is 0. The Labute approximate surface area is 132 Å². The molecule has 0 bridgehead atoms. The second-order valence-corrected chi connectivity index (χ2v) is 5.08. The average Bonchev–Trinajstić information content (AvgIpc) is 2.59. The van der Waals surface area contributed by atoms with Gasteiger partial charge in [-0.1, -0.05) is 42.5 Å². The van der Waals surface area contributed by atoms with Crippen LogP contribution in [0, 0.1) is 0 Å². The van der Waals surface area contributed by atoms with Gasteiger partial charge in [0.25, 0.3) is 0 Å². The highest BCUT2D eigenvalue weighted by molar-refractivity contribution is 6.34. The van der Waals surface area contributed by atoms with Crippen LogP contribution in [0.4, 0.5) is 0 Å². The van der Waals surface area contributed by atoms with Crippen LogP contribution < -0.4 is 15.9 Å². The number of hydrogen-bond donors (Lipinski definition) is 2. The first-order valence-corrected chi connectivity index (χ1v) is 7.12. The van der Waals surface area contributed by atoms with E-state index in [4.69, 9.17) is 10.5 Å². The third kappa shape index (κ3) is 3.21. The van der Waals surface area contributed by atoms with Gasteiger partial charge in [0.05, 0.1) is 5.71 Å². The van der Waals surface area contributed by atoms with Crippen molar-refractivity contribution in [1.82, 2.24) is 5.43 Å². The van der Waals surface area contributed by atoms with Crippen LogP contribution in [0.5, 0.6) is 5.75 Å². The van der Waals surface area contributed by atoms with Crippen LogP contribution in [0.3, 0.4) is 0 Å². The van der Waals surface area contributed by atoms with Crippen molar-refractivity contribution >= 4 is 17.5 Å². The quantitative estimate of drug-likeness (QED) is 0.650. The first-order valence-electron chi connectivity index (χ1n) is 7.12. The fourth-order valence-corrected chi connectivity index (χ4v) is 2.42. The normalized spacial score (nSPS) is 17.9. The molecule has 0 aromatic heterocycles. The standard InChI is InChI=1S/C17H15N3O3/c18-16(21)17(22)20-19-13-10-15(11-6-2-1-3-7-11)23-14-9-5-4-8-12(13)14/h1-9,15H,10H2,(H2,18,21)(H,20,22)/b19-13+. The number of hydrazone groups is 1. The second kappa shape index (κ2) is 6.31. The predicted octanol–water partition coefficient (Wildman–Crippen LogP) is 1.52. The molecular weight excluding hydrogens is 294 g/mol. The van der Waals surface area contributed by atoms with E-state index < -0.39 is 11.8 Å². The Hall–Kier alpha value is -3.15. The summed E-state index contributed by atoms with van der Waals surface area (Å²) >= 11 is 0. The number of amides is 2.